The Bertz CT molecular complexity index is 610. The first kappa shape index (κ1) is 12.9. The Labute approximate surface area is 112 Å². The van der Waals surface area contributed by atoms with Gasteiger partial charge in [-0.05, 0) is 12.0 Å². The van der Waals surface area contributed by atoms with Gasteiger partial charge in [-0.3, -0.25) is 0 Å². The van der Waals surface area contributed by atoms with E-state index in [2.05, 4.69) is 19.1 Å². The monoisotopic (exact) mass is 262 g/mol. The molecule has 1 heterocycles. The van der Waals surface area contributed by atoms with E-state index in [0.29, 0.717) is 23.9 Å². The highest BCUT2D eigenvalue weighted by Gasteiger charge is 2.17. The van der Waals surface area contributed by atoms with Crippen molar-refractivity contribution < 1.29 is 4.74 Å². The van der Waals surface area contributed by atoms with E-state index in [1.807, 2.05) is 16.7 Å². The zero-order valence-electron chi connectivity index (χ0n) is 10.5. The summed E-state index contributed by atoms with van der Waals surface area (Å²) < 4.78 is 7.07. The van der Waals surface area contributed by atoms with Crippen LogP contribution in [0.1, 0.15) is 18.1 Å². The smallest absolute Gasteiger partial charge is 0.128 e. The van der Waals surface area contributed by atoms with E-state index in [-0.39, 0.29) is 0 Å². The average molecular weight is 263 g/mol. The first-order valence-corrected chi connectivity index (χ1v) is 6.31. The van der Waals surface area contributed by atoms with Crippen LogP contribution >= 0.6 is 11.6 Å². The van der Waals surface area contributed by atoms with Crippen LogP contribution in [0.25, 0.3) is 10.9 Å². The number of ether oxygens (including phenoxy) is 1. The van der Waals surface area contributed by atoms with E-state index < -0.39 is 0 Å². The molecule has 0 spiro atoms. The molecule has 3 nitrogen and oxygen atoms in total. The number of para-hydroxylation sites is 1. The third-order valence-electron chi connectivity index (χ3n) is 3.11. The SMILES string of the molecule is CCc1cccc2c(C#N)c(Cl)n(CCOC)c12. The van der Waals surface area contributed by atoms with Gasteiger partial charge in [-0.1, -0.05) is 36.7 Å². The van der Waals surface area contributed by atoms with E-state index in [0.717, 1.165) is 17.3 Å². The molecule has 1 aromatic carbocycles. The van der Waals surface area contributed by atoms with Crippen LogP contribution in [0.4, 0.5) is 0 Å². The van der Waals surface area contributed by atoms with E-state index in [9.17, 15) is 5.26 Å². The predicted octanol–water partition coefficient (Wildman–Crippen LogP) is 3.38. The number of nitrogens with zero attached hydrogens (tertiary/aromatic N) is 2. The molecule has 0 N–H and O–H groups in total. The quantitative estimate of drug-likeness (QED) is 0.847. The van der Waals surface area contributed by atoms with Crippen LogP contribution in [0.2, 0.25) is 5.15 Å². The van der Waals surface area contributed by atoms with Gasteiger partial charge in [0, 0.05) is 19.0 Å². The molecular weight excluding hydrogens is 248 g/mol. The zero-order chi connectivity index (χ0) is 13.1. The van der Waals surface area contributed by atoms with Crippen molar-refractivity contribution in [3.8, 4) is 6.07 Å². The lowest BCUT2D eigenvalue weighted by Crippen LogP contribution is -2.05. The van der Waals surface area contributed by atoms with Crippen LogP contribution in [-0.4, -0.2) is 18.3 Å². The molecule has 18 heavy (non-hydrogen) atoms. The summed E-state index contributed by atoms with van der Waals surface area (Å²) in [6, 6.07) is 8.18. The summed E-state index contributed by atoms with van der Waals surface area (Å²) in [6.07, 6.45) is 0.912. The standard InChI is InChI=1S/C14H15ClN2O/c1-3-10-5-4-6-11-12(9-16)14(15)17(13(10)11)7-8-18-2/h4-6H,3,7-8H2,1-2H3. The maximum atomic E-state index is 9.24. The van der Waals surface area contributed by atoms with Crippen LogP contribution < -0.4 is 0 Å². The fraction of sp³-hybridized carbons (Fsp3) is 0.357. The molecule has 0 unspecified atom stereocenters. The van der Waals surface area contributed by atoms with E-state index in [4.69, 9.17) is 16.3 Å². The zero-order valence-corrected chi connectivity index (χ0v) is 11.3. The number of benzene rings is 1. The molecule has 0 fully saturated rings. The Morgan fingerprint density at radius 2 is 2.22 bits per heavy atom. The lowest BCUT2D eigenvalue weighted by molar-refractivity contribution is 0.188. The van der Waals surface area contributed by atoms with E-state index in [1.165, 1.54) is 5.56 Å². The van der Waals surface area contributed by atoms with E-state index >= 15 is 0 Å². The summed E-state index contributed by atoms with van der Waals surface area (Å²) in [5.41, 5.74) is 2.81. The molecule has 0 aliphatic carbocycles. The van der Waals surface area contributed by atoms with Crippen molar-refractivity contribution in [3.63, 3.8) is 0 Å². The van der Waals surface area contributed by atoms with Crippen molar-refractivity contribution in [2.75, 3.05) is 13.7 Å². The van der Waals surface area contributed by atoms with Crippen molar-refractivity contribution in [1.82, 2.24) is 4.57 Å². The normalized spacial score (nSPS) is 10.8. The minimum absolute atomic E-state index is 0.505. The number of nitriles is 1. The van der Waals surface area contributed by atoms with Crippen LogP contribution in [0, 0.1) is 11.3 Å². The first-order chi connectivity index (χ1) is 8.74. The summed E-state index contributed by atoms with van der Waals surface area (Å²) in [6.45, 7) is 3.33. The number of aromatic nitrogens is 1. The van der Waals surface area contributed by atoms with Crippen LogP contribution in [0.3, 0.4) is 0 Å². The van der Waals surface area contributed by atoms with Crippen molar-refractivity contribution in [2.45, 2.75) is 19.9 Å². The third-order valence-corrected chi connectivity index (χ3v) is 3.51. The summed E-state index contributed by atoms with van der Waals surface area (Å²) in [4.78, 5) is 0. The van der Waals surface area contributed by atoms with Crippen LogP contribution in [-0.2, 0) is 17.7 Å². The molecule has 0 bridgehead atoms. The Balaban J connectivity index is 2.74. The highest BCUT2D eigenvalue weighted by atomic mass is 35.5. The van der Waals surface area contributed by atoms with Crippen LogP contribution in [0.5, 0.6) is 0 Å². The Hall–Kier alpha value is -1.50. The van der Waals surface area contributed by atoms with Crippen molar-refractivity contribution in [3.05, 3.63) is 34.5 Å². The van der Waals surface area contributed by atoms with Crippen LogP contribution in [0.15, 0.2) is 18.2 Å². The summed E-state index contributed by atoms with van der Waals surface area (Å²) in [7, 11) is 1.66. The van der Waals surface area contributed by atoms with Gasteiger partial charge in [0.2, 0.25) is 0 Å². The molecule has 94 valence electrons. The second-order valence-electron chi connectivity index (χ2n) is 4.09. The molecule has 4 heteroatoms. The number of rotatable bonds is 4. The third kappa shape index (κ3) is 1.98. The molecule has 0 saturated carbocycles. The number of aryl methyl sites for hydroxylation is 1. The van der Waals surface area contributed by atoms with Crippen molar-refractivity contribution in [2.24, 2.45) is 0 Å². The molecule has 0 aliphatic rings. The largest absolute Gasteiger partial charge is 0.383 e. The summed E-state index contributed by atoms with van der Waals surface area (Å²) in [5.74, 6) is 0. The van der Waals surface area contributed by atoms with Gasteiger partial charge in [0.25, 0.3) is 0 Å². The average Bonchev–Trinajstić information content (AvgIpc) is 2.67. The Morgan fingerprint density at radius 1 is 1.44 bits per heavy atom. The molecule has 1 aromatic heterocycles. The number of hydrogen-bond donors (Lipinski definition) is 0. The highest BCUT2D eigenvalue weighted by molar-refractivity contribution is 6.32. The molecule has 0 aliphatic heterocycles. The van der Waals surface area contributed by atoms with Crippen molar-refractivity contribution >= 4 is 22.5 Å². The summed E-state index contributed by atoms with van der Waals surface area (Å²) in [5, 5.41) is 10.7. The highest BCUT2D eigenvalue weighted by Crippen LogP contribution is 2.31. The second kappa shape index (κ2) is 5.43. The van der Waals surface area contributed by atoms with Gasteiger partial charge in [0.15, 0.2) is 0 Å². The Kier molecular flexibility index (Phi) is 3.90. The second-order valence-corrected chi connectivity index (χ2v) is 4.45. The van der Waals surface area contributed by atoms with E-state index in [1.54, 1.807) is 7.11 Å². The van der Waals surface area contributed by atoms with Gasteiger partial charge in [-0.25, -0.2) is 0 Å². The fourth-order valence-corrected chi connectivity index (χ4v) is 2.55. The molecule has 0 amide bonds. The fourth-order valence-electron chi connectivity index (χ4n) is 2.24. The molecule has 2 aromatic rings. The number of hydrogen-bond acceptors (Lipinski definition) is 2. The molecule has 2 rings (SSSR count). The van der Waals surface area contributed by atoms with Gasteiger partial charge in [-0.2, -0.15) is 5.26 Å². The minimum atomic E-state index is 0.505. The first-order valence-electron chi connectivity index (χ1n) is 5.93. The number of methoxy groups -OCH3 is 1. The predicted molar refractivity (Wildman–Crippen MR) is 72.9 cm³/mol. The van der Waals surface area contributed by atoms with Gasteiger partial charge in [-0.15, -0.1) is 0 Å². The number of halogens is 1. The molecule has 0 saturated heterocycles. The van der Waals surface area contributed by atoms with Gasteiger partial charge >= 0.3 is 0 Å². The molecular formula is C14H15ClN2O. The summed E-state index contributed by atoms with van der Waals surface area (Å²) >= 11 is 6.30. The lowest BCUT2D eigenvalue weighted by Gasteiger charge is -2.09. The van der Waals surface area contributed by atoms with Crippen molar-refractivity contribution in [1.29, 1.82) is 5.26 Å². The van der Waals surface area contributed by atoms with Gasteiger partial charge < -0.3 is 9.30 Å². The minimum Gasteiger partial charge on any atom is -0.383 e. The number of fused-ring (bicyclic) bond motifs is 1. The lowest BCUT2D eigenvalue weighted by atomic mass is 10.1. The maximum absolute atomic E-state index is 9.24. The Morgan fingerprint density at radius 3 is 2.83 bits per heavy atom. The topological polar surface area (TPSA) is 38.0 Å². The maximum Gasteiger partial charge on any atom is 0.128 e. The molecule has 0 radical (unpaired) electrons. The molecule has 0 atom stereocenters. The van der Waals surface area contributed by atoms with Gasteiger partial charge in [0.05, 0.1) is 17.7 Å². The van der Waals surface area contributed by atoms with Gasteiger partial charge in [0.1, 0.15) is 11.2 Å².